The van der Waals surface area contributed by atoms with Crippen molar-refractivity contribution in [3.8, 4) is 0 Å². The summed E-state index contributed by atoms with van der Waals surface area (Å²) < 4.78 is 39.6. The Morgan fingerprint density at radius 2 is 1.85 bits per heavy atom. The number of nitrogens with two attached hydrogens (primary N) is 1. The summed E-state index contributed by atoms with van der Waals surface area (Å²) >= 11 is 7.70. The van der Waals surface area contributed by atoms with Crippen molar-refractivity contribution >= 4 is 43.2 Å². The largest absolute Gasteiger partial charge is 0.417 e. The van der Waals surface area contributed by atoms with E-state index < -0.39 is 17.8 Å². The fourth-order valence-corrected chi connectivity index (χ4v) is 3.93. The maximum atomic E-state index is 12.9. The van der Waals surface area contributed by atoms with Crippen LogP contribution in [-0.4, -0.2) is 0 Å². The summed E-state index contributed by atoms with van der Waals surface area (Å²) in [6.45, 7) is 0. The molecule has 0 aliphatic heterocycles. The number of hydrogen-bond donors (Lipinski definition) is 2. The predicted molar refractivity (Wildman–Crippen MR) is 80.3 cm³/mol. The second-order valence-electron chi connectivity index (χ2n) is 3.97. The van der Waals surface area contributed by atoms with Crippen molar-refractivity contribution in [1.29, 1.82) is 0 Å². The third-order valence-corrected chi connectivity index (χ3v) is 5.33. The van der Waals surface area contributed by atoms with Crippen LogP contribution in [0.25, 0.3) is 0 Å². The van der Waals surface area contributed by atoms with Crippen molar-refractivity contribution in [3.05, 3.63) is 54.6 Å². The highest BCUT2D eigenvalue weighted by Crippen LogP contribution is 2.38. The Morgan fingerprint density at radius 1 is 1.15 bits per heavy atom. The van der Waals surface area contributed by atoms with E-state index in [1.165, 1.54) is 17.4 Å². The molecule has 0 saturated carbocycles. The lowest BCUT2D eigenvalue weighted by atomic mass is 10.0. The monoisotopic (exact) mass is 428 g/mol. The minimum absolute atomic E-state index is 0.00904. The first-order valence-electron chi connectivity index (χ1n) is 5.40. The number of hydrogen-bond acceptors (Lipinski definition) is 3. The zero-order valence-corrected chi connectivity index (χ0v) is 13.8. The molecule has 1 unspecified atom stereocenters. The molecular weight excluding hydrogens is 421 g/mol. The number of alkyl halides is 3. The van der Waals surface area contributed by atoms with Gasteiger partial charge in [-0.15, -0.1) is 11.3 Å². The molecule has 0 amide bonds. The van der Waals surface area contributed by atoms with Crippen LogP contribution in [-0.2, 0) is 6.18 Å². The molecule has 2 aromatic rings. The van der Waals surface area contributed by atoms with Crippen molar-refractivity contribution in [2.75, 3.05) is 0 Å². The molecule has 0 aliphatic rings. The van der Waals surface area contributed by atoms with Crippen molar-refractivity contribution in [2.24, 2.45) is 5.84 Å². The van der Waals surface area contributed by atoms with Gasteiger partial charge in [0.1, 0.15) is 0 Å². The van der Waals surface area contributed by atoms with Crippen LogP contribution in [0.15, 0.2) is 38.6 Å². The number of hydrazine groups is 1. The van der Waals surface area contributed by atoms with Crippen molar-refractivity contribution in [1.82, 2.24) is 5.43 Å². The molecule has 1 heterocycles. The summed E-state index contributed by atoms with van der Waals surface area (Å²) in [7, 11) is 0. The van der Waals surface area contributed by atoms with Crippen LogP contribution in [0.2, 0.25) is 0 Å². The molecule has 0 fully saturated rings. The Bertz CT molecular complexity index is 613. The summed E-state index contributed by atoms with van der Waals surface area (Å²) in [5, 5.41) is 1.84. The van der Waals surface area contributed by atoms with Gasteiger partial charge in [0.15, 0.2) is 0 Å². The molecule has 20 heavy (non-hydrogen) atoms. The van der Waals surface area contributed by atoms with E-state index in [2.05, 4.69) is 37.3 Å². The summed E-state index contributed by atoms with van der Waals surface area (Å²) in [5.74, 6) is 5.50. The molecule has 0 radical (unpaired) electrons. The van der Waals surface area contributed by atoms with E-state index in [9.17, 15) is 13.2 Å². The molecule has 1 aromatic carbocycles. The van der Waals surface area contributed by atoms with E-state index in [1.807, 2.05) is 11.4 Å². The lowest BCUT2D eigenvalue weighted by Gasteiger charge is -2.18. The highest BCUT2D eigenvalue weighted by Gasteiger charge is 2.34. The minimum atomic E-state index is -4.42. The zero-order chi connectivity index (χ0) is 14.9. The second kappa shape index (κ2) is 6.15. The fraction of sp³-hybridized carbons (Fsp3) is 0.167. The molecular formula is C12H9Br2F3N2S. The summed E-state index contributed by atoms with van der Waals surface area (Å²) in [4.78, 5) is 0.822. The zero-order valence-electron chi connectivity index (χ0n) is 9.84. The van der Waals surface area contributed by atoms with Crippen LogP contribution >= 0.6 is 43.2 Å². The van der Waals surface area contributed by atoms with Gasteiger partial charge in [-0.2, -0.15) is 13.2 Å². The Labute approximate surface area is 134 Å². The van der Waals surface area contributed by atoms with Gasteiger partial charge in [-0.3, -0.25) is 5.84 Å². The molecule has 8 heteroatoms. The number of rotatable bonds is 3. The van der Waals surface area contributed by atoms with Gasteiger partial charge in [0.05, 0.1) is 11.6 Å². The Balaban J connectivity index is 2.49. The minimum Gasteiger partial charge on any atom is -0.271 e. The van der Waals surface area contributed by atoms with Gasteiger partial charge in [0.2, 0.25) is 0 Å². The quantitative estimate of drug-likeness (QED) is 0.540. The molecule has 1 aromatic heterocycles. The highest BCUT2D eigenvalue weighted by molar-refractivity contribution is 9.10. The lowest BCUT2D eigenvalue weighted by Crippen LogP contribution is -2.28. The van der Waals surface area contributed by atoms with Gasteiger partial charge in [-0.05, 0) is 45.1 Å². The van der Waals surface area contributed by atoms with Crippen molar-refractivity contribution in [2.45, 2.75) is 12.2 Å². The first-order chi connectivity index (χ1) is 9.34. The molecule has 3 N–H and O–H groups in total. The molecule has 1 atom stereocenters. The van der Waals surface area contributed by atoms with Crippen LogP contribution in [0.4, 0.5) is 13.2 Å². The summed E-state index contributed by atoms with van der Waals surface area (Å²) in [6, 6.07) is 5.41. The first kappa shape index (κ1) is 16.0. The number of benzene rings is 1. The van der Waals surface area contributed by atoms with E-state index in [4.69, 9.17) is 5.84 Å². The molecule has 0 spiro atoms. The van der Waals surface area contributed by atoms with E-state index in [0.717, 1.165) is 15.4 Å². The van der Waals surface area contributed by atoms with Gasteiger partial charge >= 0.3 is 6.18 Å². The number of halogens is 5. The van der Waals surface area contributed by atoms with Gasteiger partial charge in [-0.1, -0.05) is 22.0 Å². The molecule has 2 nitrogen and oxygen atoms in total. The van der Waals surface area contributed by atoms with Crippen LogP contribution in [0.5, 0.6) is 0 Å². The van der Waals surface area contributed by atoms with Crippen LogP contribution in [0, 0.1) is 0 Å². The lowest BCUT2D eigenvalue weighted by molar-refractivity contribution is -0.138. The maximum Gasteiger partial charge on any atom is 0.417 e. The number of thiophene rings is 1. The Kier molecular flexibility index (Phi) is 4.91. The van der Waals surface area contributed by atoms with Crippen molar-refractivity contribution in [3.63, 3.8) is 0 Å². The first-order valence-corrected chi connectivity index (χ1v) is 7.87. The average molecular weight is 430 g/mol. The molecule has 108 valence electrons. The van der Waals surface area contributed by atoms with E-state index in [1.54, 1.807) is 6.07 Å². The third-order valence-electron chi connectivity index (χ3n) is 2.70. The van der Waals surface area contributed by atoms with E-state index in [0.29, 0.717) is 5.56 Å². The normalized spacial score (nSPS) is 13.5. The van der Waals surface area contributed by atoms with Gasteiger partial charge in [0, 0.05) is 13.8 Å². The molecule has 0 saturated heterocycles. The van der Waals surface area contributed by atoms with Gasteiger partial charge < -0.3 is 0 Å². The highest BCUT2D eigenvalue weighted by atomic mass is 79.9. The summed E-state index contributed by atoms with van der Waals surface area (Å²) in [6.07, 6.45) is -4.42. The number of nitrogens with one attached hydrogen (secondary N) is 1. The topological polar surface area (TPSA) is 38.0 Å². The fourth-order valence-electron chi connectivity index (χ4n) is 1.77. The third kappa shape index (κ3) is 3.25. The Morgan fingerprint density at radius 3 is 2.35 bits per heavy atom. The smallest absolute Gasteiger partial charge is 0.271 e. The second-order valence-corrected chi connectivity index (χ2v) is 6.63. The van der Waals surface area contributed by atoms with Crippen LogP contribution in [0.1, 0.15) is 22.0 Å². The van der Waals surface area contributed by atoms with Crippen molar-refractivity contribution < 1.29 is 13.2 Å². The van der Waals surface area contributed by atoms with Crippen LogP contribution < -0.4 is 11.3 Å². The van der Waals surface area contributed by atoms with Crippen LogP contribution in [0.3, 0.4) is 0 Å². The molecule has 0 aliphatic carbocycles. The maximum absolute atomic E-state index is 12.9. The average Bonchev–Trinajstić information content (AvgIpc) is 2.77. The molecule has 2 rings (SSSR count). The van der Waals surface area contributed by atoms with E-state index in [-0.39, 0.29) is 4.47 Å². The van der Waals surface area contributed by atoms with E-state index >= 15 is 0 Å². The standard InChI is InChI=1S/C12H9Br2F3N2S/c13-8-2-1-6(5-7(8)12(15,16)17)10(19-18)11-9(14)3-4-20-11/h1-5,10,19H,18H2. The Hall–Kier alpha value is -0.410. The van der Waals surface area contributed by atoms with Gasteiger partial charge in [-0.25, -0.2) is 5.43 Å². The van der Waals surface area contributed by atoms with Gasteiger partial charge in [0.25, 0.3) is 0 Å². The summed E-state index contributed by atoms with van der Waals surface area (Å²) in [5.41, 5.74) is 2.29. The molecule has 0 bridgehead atoms. The predicted octanol–water partition coefficient (Wildman–Crippen LogP) is 4.84. The SMILES string of the molecule is NNC(c1ccc(Br)c(C(F)(F)F)c1)c1sccc1Br.